The number of nitrogens with zero attached hydrogens (tertiary/aromatic N) is 1. The monoisotopic (exact) mass is 313 g/mol. The molecular weight excluding hydrogens is 290 g/mol. The minimum atomic E-state index is -0.0419. The summed E-state index contributed by atoms with van der Waals surface area (Å²) in [5.74, 6) is 3.74. The number of H-pyrrole nitrogens is 1. The van der Waals surface area contributed by atoms with Gasteiger partial charge in [-0.1, -0.05) is 20.8 Å². The first kappa shape index (κ1) is 15.9. The molecule has 2 atom stereocenters. The summed E-state index contributed by atoms with van der Waals surface area (Å²) in [5.41, 5.74) is 0.799. The van der Waals surface area contributed by atoms with Crippen LogP contribution in [0.1, 0.15) is 37.5 Å². The first-order chi connectivity index (χ1) is 9.56. The van der Waals surface area contributed by atoms with Gasteiger partial charge in [0.05, 0.1) is 10.9 Å². The van der Waals surface area contributed by atoms with Crippen LogP contribution in [0, 0.1) is 5.92 Å². The quantitative estimate of drug-likeness (QED) is 0.874. The van der Waals surface area contributed by atoms with E-state index in [2.05, 4.69) is 36.1 Å². The van der Waals surface area contributed by atoms with Gasteiger partial charge in [0.1, 0.15) is 5.82 Å². The van der Waals surface area contributed by atoms with Crippen LogP contribution in [0.5, 0.6) is 0 Å². The van der Waals surface area contributed by atoms with Gasteiger partial charge in [-0.25, -0.2) is 4.98 Å². The lowest BCUT2D eigenvalue weighted by Crippen LogP contribution is -2.25. The number of rotatable bonds is 5. The summed E-state index contributed by atoms with van der Waals surface area (Å²) in [7, 11) is 0. The van der Waals surface area contributed by atoms with Crippen LogP contribution in [0.3, 0.4) is 0 Å². The summed E-state index contributed by atoms with van der Waals surface area (Å²) in [5, 5.41) is 4.14. The van der Waals surface area contributed by atoms with Crippen LogP contribution in [0.25, 0.3) is 0 Å². The third-order valence-corrected chi connectivity index (χ3v) is 6.23. The molecule has 0 bridgehead atoms. The smallest absolute Gasteiger partial charge is 0.251 e. The summed E-state index contributed by atoms with van der Waals surface area (Å²) in [6, 6.07) is 1.60. The maximum atomic E-state index is 11.8. The van der Waals surface area contributed by atoms with Crippen molar-refractivity contribution in [2.24, 2.45) is 5.92 Å². The van der Waals surface area contributed by atoms with E-state index >= 15 is 0 Å². The normalized spacial score (nSPS) is 23.2. The lowest BCUT2D eigenvalue weighted by molar-refractivity contribution is 0.546. The van der Waals surface area contributed by atoms with Crippen molar-refractivity contribution >= 4 is 23.5 Å². The number of aromatic amines is 1. The van der Waals surface area contributed by atoms with Gasteiger partial charge in [-0.2, -0.15) is 11.8 Å². The van der Waals surface area contributed by atoms with Crippen LogP contribution in [0.4, 0.5) is 0 Å². The van der Waals surface area contributed by atoms with Gasteiger partial charge in [0.15, 0.2) is 0 Å². The fraction of sp³-hybridized carbons (Fsp3) is 0.714. The van der Waals surface area contributed by atoms with E-state index in [9.17, 15) is 4.79 Å². The second-order valence-corrected chi connectivity index (χ2v) is 8.25. The number of hydrogen-bond donors (Lipinski definition) is 2. The van der Waals surface area contributed by atoms with Crippen molar-refractivity contribution in [1.29, 1.82) is 0 Å². The van der Waals surface area contributed by atoms with Crippen LogP contribution in [0.15, 0.2) is 10.9 Å². The van der Waals surface area contributed by atoms with Gasteiger partial charge in [-0.15, -0.1) is 11.8 Å². The van der Waals surface area contributed by atoms with E-state index in [0.29, 0.717) is 23.0 Å². The average Bonchev–Trinajstić information content (AvgIpc) is 2.38. The predicted molar refractivity (Wildman–Crippen MR) is 88.5 cm³/mol. The largest absolute Gasteiger partial charge is 0.311 e. The van der Waals surface area contributed by atoms with Crippen LogP contribution in [0.2, 0.25) is 0 Å². The van der Waals surface area contributed by atoms with Crippen molar-refractivity contribution in [3.63, 3.8) is 0 Å². The maximum Gasteiger partial charge on any atom is 0.251 e. The third-order valence-electron chi connectivity index (χ3n) is 3.13. The average molecular weight is 313 g/mol. The van der Waals surface area contributed by atoms with Gasteiger partial charge in [0.2, 0.25) is 0 Å². The molecule has 0 spiro atoms. The predicted octanol–water partition coefficient (Wildman–Crippen LogP) is 2.43. The van der Waals surface area contributed by atoms with Gasteiger partial charge < -0.3 is 10.3 Å². The Morgan fingerprint density at radius 1 is 1.45 bits per heavy atom. The molecule has 0 radical (unpaired) electrons. The molecule has 2 heterocycles. The van der Waals surface area contributed by atoms with E-state index in [1.54, 1.807) is 6.07 Å². The Kier molecular flexibility index (Phi) is 5.99. The Labute approximate surface area is 128 Å². The number of thioether (sulfide) groups is 2. The van der Waals surface area contributed by atoms with Gasteiger partial charge in [0.25, 0.3) is 5.56 Å². The minimum Gasteiger partial charge on any atom is -0.311 e. The van der Waals surface area contributed by atoms with Gasteiger partial charge in [-0.05, 0) is 12.5 Å². The van der Waals surface area contributed by atoms with Crippen molar-refractivity contribution in [2.75, 3.05) is 18.1 Å². The molecule has 1 aliphatic heterocycles. The molecule has 2 unspecified atom stereocenters. The van der Waals surface area contributed by atoms with E-state index in [1.807, 2.05) is 23.5 Å². The van der Waals surface area contributed by atoms with E-state index in [1.165, 1.54) is 5.75 Å². The van der Waals surface area contributed by atoms with Crippen molar-refractivity contribution in [3.05, 3.63) is 27.9 Å². The minimum absolute atomic E-state index is 0.0419. The third kappa shape index (κ3) is 4.53. The second-order valence-electron chi connectivity index (χ2n) is 5.51. The first-order valence-electron chi connectivity index (χ1n) is 7.10. The van der Waals surface area contributed by atoms with E-state index < -0.39 is 0 Å². The fourth-order valence-electron chi connectivity index (χ4n) is 2.18. The van der Waals surface area contributed by atoms with E-state index in [-0.39, 0.29) is 5.56 Å². The SMILES string of the molecule is CC(C)CNCc1cc(=O)[nH]c(C2SCCSC2C)n1. The van der Waals surface area contributed by atoms with Crippen molar-refractivity contribution < 1.29 is 0 Å². The molecule has 1 fully saturated rings. The van der Waals surface area contributed by atoms with Crippen LogP contribution >= 0.6 is 23.5 Å². The highest BCUT2D eigenvalue weighted by Crippen LogP contribution is 2.40. The standard InChI is InChI=1S/C14H23N3OS2/c1-9(2)7-15-8-11-6-12(18)17-14(16-11)13-10(3)19-4-5-20-13/h6,9-10,13,15H,4-5,7-8H2,1-3H3,(H,16,17,18). The molecule has 112 valence electrons. The van der Waals surface area contributed by atoms with Crippen molar-refractivity contribution in [2.45, 2.75) is 37.8 Å². The van der Waals surface area contributed by atoms with Crippen LogP contribution in [-0.2, 0) is 6.54 Å². The zero-order chi connectivity index (χ0) is 14.5. The second kappa shape index (κ2) is 7.52. The van der Waals surface area contributed by atoms with E-state index in [0.717, 1.165) is 23.8 Å². The summed E-state index contributed by atoms with van der Waals surface area (Å²) in [4.78, 5) is 19.4. The summed E-state index contributed by atoms with van der Waals surface area (Å²) >= 11 is 3.85. The molecule has 0 amide bonds. The molecule has 4 nitrogen and oxygen atoms in total. The highest BCUT2D eigenvalue weighted by Gasteiger charge is 2.26. The zero-order valence-electron chi connectivity index (χ0n) is 12.3. The Morgan fingerprint density at radius 2 is 2.20 bits per heavy atom. The van der Waals surface area contributed by atoms with Gasteiger partial charge in [0, 0.05) is 29.4 Å². The van der Waals surface area contributed by atoms with Crippen molar-refractivity contribution in [1.82, 2.24) is 15.3 Å². The fourth-order valence-corrected chi connectivity index (χ4v) is 4.89. The lowest BCUT2D eigenvalue weighted by atomic mass is 10.2. The lowest BCUT2D eigenvalue weighted by Gasteiger charge is -2.27. The molecule has 0 aromatic carbocycles. The Bertz CT molecular complexity index is 490. The highest BCUT2D eigenvalue weighted by atomic mass is 32.2. The number of aromatic nitrogens is 2. The van der Waals surface area contributed by atoms with Crippen LogP contribution < -0.4 is 10.9 Å². The van der Waals surface area contributed by atoms with Crippen molar-refractivity contribution in [3.8, 4) is 0 Å². The van der Waals surface area contributed by atoms with Crippen LogP contribution in [-0.4, -0.2) is 33.3 Å². The maximum absolute atomic E-state index is 11.8. The number of nitrogens with one attached hydrogen (secondary N) is 2. The molecule has 1 saturated heterocycles. The molecule has 2 N–H and O–H groups in total. The zero-order valence-corrected chi connectivity index (χ0v) is 13.9. The molecule has 1 aromatic heterocycles. The molecule has 1 aromatic rings. The molecule has 2 rings (SSSR count). The Balaban J connectivity index is 2.09. The van der Waals surface area contributed by atoms with Gasteiger partial charge in [-0.3, -0.25) is 4.79 Å². The Morgan fingerprint density at radius 3 is 2.90 bits per heavy atom. The molecular formula is C14H23N3OS2. The summed E-state index contributed by atoms with van der Waals surface area (Å²) in [6.45, 7) is 8.15. The summed E-state index contributed by atoms with van der Waals surface area (Å²) in [6.07, 6.45) is 0. The Hall–Kier alpha value is -0.460. The van der Waals surface area contributed by atoms with E-state index in [4.69, 9.17) is 0 Å². The topological polar surface area (TPSA) is 57.8 Å². The number of hydrogen-bond acceptors (Lipinski definition) is 5. The highest BCUT2D eigenvalue weighted by molar-refractivity contribution is 8.06. The molecule has 0 saturated carbocycles. The molecule has 6 heteroatoms. The van der Waals surface area contributed by atoms with Gasteiger partial charge >= 0.3 is 0 Å². The summed E-state index contributed by atoms with van der Waals surface area (Å²) < 4.78 is 0. The molecule has 0 aliphatic carbocycles. The molecule has 1 aliphatic rings. The first-order valence-corrected chi connectivity index (χ1v) is 9.20. The molecule has 20 heavy (non-hydrogen) atoms.